The van der Waals surface area contributed by atoms with Crippen LogP contribution in [0, 0.1) is 0 Å². The first kappa shape index (κ1) is 11.6. The summed E-state index contributed by atoms with van der Waals surface area (Å²) in [4.78, 5) is 18.0. The number of imidazole rings is 1. The van der Waals surface area contributed by atoms with Crippen LogP contribution in [-0.2, 0) is 11.2 Å². The van der Waals surface area contributed by atoms with E-state index in [0.29, 0.717) is 6.42 Å². The van der Waals surface area contributed by atoms with E-state index in [9.17, 15) is 4.79 Å². The zero-order chi connectivity index (χ0) is 12.3. The van der Waals surface area contributed by atoms with Crippen molar-refractivity contribution in [1.82, 2.24) is 15.3 Å². The molecule has 0 saturated carbocycles. The molecule has 90 valence electrons. The van der Waals surface area contributed by atoms with Crippen molar-refractivity contribution in [3.05, 3.63) is 30.1 Å². The summed E-state index contributed by atoms with van der Waals surface area (Å²) in [7, 11) is 1.66. The van der Waals surface area contributed by atoms with Gasteiger partial charge in [-0.15, -0.1) is 0 Å². The maximum atomic E-state index is 10.8. The molecule has 5 heteroatoms. The fourth-order valence-corrected chi connectivity index (χ4v) is 1.84. The van der Waals surface area contributed by atoms with E-state index in [1.165, 1.54) is 0 Å². The first-order chi connectivity index (χ1) is 8.20. The Hall–Kier alpha value is -1.88. The molecule has 0 aliphatic heterocycles. The van der Waals surface area contributed by atoms with Crippen LogP contribution in [0.4, 0.5) is 0 Å². The maximum Gasteiger partial charge on any atom is 0.320 e. The Morgan fingerprint density at radius 1 is 1.59 bits per heavy atom. The quantitative estimate of drug-likeness (QED) is 0.724. The number of benzene rings is 1. The van der Waals surface area contributed by atoms with Crippen molar-refractivity contribution in [3.63, 3.8) is 0 Å². The van der Waals surface area contributed by atoms with Gasteiger partial charge < -0.3 is 15.4 Å². The molecular formula is C12H15N3O2. The van der Waals surface area contributed by atoms with Gasteiger partial charge >= 0.3 is 5.97 Å². The average Bonchev–Trinajstić information content (AvgIpc) is 2.76. The number of nitrogens with zero attached hydrogens (tertiary/aromatic N) is 1. The van der Waals surface area contributed by atoms with E-state index < -0.39 is 12.0 Å². The lowest BCUT2D eigenvalue weighted by Crippen LogP contribution is -2.34. The van der Waals surface area contributed by atoms with Crippen LogP contribution in [0.1, 0.15) is 12.0 Å². The van der Waals surface area contributed by atoms with Gasteiger partial charge in [-0.05, 0) is 37.6 Å². The molecule has 1 unspecified atom stereocenters. The summed E-state index contributed by atoms with van der Waals surface area (Å²) in [5.74, 6) is -0.810. The number of rotatable bonds is 5. The second-order valence-electron chi connectivity index (χ2n) is 3.97. The lowest BCUT2D eigenvalue weighted by Gasteiger charge is -2.10. The minimum atomic E-state index is -0.810. The minimum absolute atomic E-state index is 0.493. The average molecular weight is 233 g/mol. The Morgan fingerprint density at radius 2 is 2.41 bits per heavy atom. The normalized spacial score (nSPS) is 12.8. The monoisotopic (exact) mass is 233 g/mol. The molecular weight excluding hydrogens is 218 g/mol. The van der Waals surface area contributed by atoms with Gasteiger partial charge in [-0.3, -0.25) is 4.79 Å². The molecule has 1 aromatic carbocycles. The van der Waals surface area contributed by atoms with Gasteiger partial charge in [0, 0.05) is 0 Å². The summed E-state index contributed by atoms with van der Waals surface area (Å²) in [5.41, 5.74) is 3.03. The Balaban J connectivity index is 2.05. The molecule has 1 atom stereocenters. The number of fused-ring (bicyclic) bond motifs is 1. The van der Waals surface area contributed by atoms with Crippen molar-refractivity contribution < 1.29 is 9.90 Å². The number of aromatic amines is 1. The number of carbonyl (C=O) groups is 1. The van der Waals surface area contributed by atoms with Crippen molar-refractivity contribution in [1.29, 1.82) is 0 Å². The molecule has 0 fully saturated rings. The van der Waals surface area contributed by atoms with E-state index in [2.05, 4.69) is 15.3 Å². The highest BCUT2D eigenvalue weighted by Gasteiger charge is 2.14. The summed E-state index contributed by atoms with van der Waals surface area (Å²) in [6.45, 7) is 0. The number of aromatic nitrogens is 2. The molecule has 0 aliphatic rings. The standard InChI is InChI=1S/C12H15N3O2/c1-13-10(12(16)17)5-3-8-2-4-9-11(6-8)15-7-14-9/h2,4,6-7,10,13H,3,5H2,1H3,(H,14,15)(H,16,17). The van der Waals surface area contributed by atoms with Crippen LogP contribution in [0.2, 0.25) is 0 Å². The van der Waals surface area contributed by atoms with Crippen LogP contribution in [0.3, 0.4) is 0 Å². The van der Waals surface area contributed by atoms with Crippen LogP contribution >= 0.6 is 0 Å². The van der Waals surface area contributed by atoms with E-state index in [0.717, 1.165) is 23.0 Å². The number of aliphatic carboxylic acids is 1. The highest BCUT2D eigenvalue weighted by Crippen LogP contribution is 2.13. The molecule has 0 radical (unpaired) electrons. The van der Waals surface area contributed by atoms with Gasteiger partial charge in [-0.2, -0.15) is 0 Å². The molecule has 0 spiro atoms. The number of hydrogen-bond donors (Lipinski definition) is 3. The molecule has 1 aromatic heterocycles. The van der Waals surface area contributed by atoms with E-state index >= 15 is 0 Å². The van der Waals surface area contributed by atoms with Crippen molar-refractivity contribution >= 4 is 17.0 Å². The zero-order valence-electron chi connectivity index (χ0n) is 9.60. The molecule has 0 aliphatic carbocycles. The summed E-state index contributed by atoms with van der Waals surface area (Å²) in [6, 6.07) is 5.44. The largest absolute Gasteiger partial charge is 0.480 e. The number of carboxylic acid groups (broad SMARTS) is 1. The Kier molecular flexibility index (Phi) is 3.39. The topological polar surface area (TPSA) is 78.0 Å². The van der Waals surface area contributed by atoms with E-state index in [1.54, 1.807) is 13.4 Å². The number of carboxylic acids is 1. The predicted molar refractivity (Wildman–Crippen MR) is 64.9 cm³/mol. The smallest absolute Gasteiger partial charge is 0.320 e. The van der Waals surface area contributed by atoms with Crippen LogP contribution in [0.25, 0.3) is 11.0 Å². The minimum Gasteiger partial charge on any atom is -0.480 e. The van der Waals surface area contributed by atoms with Crippen molar-refractivity contribution in [2.45, 2.75) is 18.9 Å². The van der Waals surface area contributed by atoms with Crippen molar-refractivity contribution in [2.24, 2.45) is 0 Å². The van der Waals surface area contributed by atoms with Crippen molar-refractivity contribution in [2.75, 3.05) is 7.05 Å². The first-order valence-corrected chi connectivity index (χ1v) is 5.53. The van der Waals surface area contributed by atoms with Gasteiger partial charge in [0.2, 0.25) is 0 Å². The third-order valence-electron chi connectivity index (χ3n) is 2.85. The fourth-order valence-electron chi connectivity index (χ4n) is 1.84. The highest BCUT2D eigenvalue weighted by molar-refractivity contribution is 5.75. The Morgan fingerprint density at radius 3 is 3.12 bits per heavy atom. The molecule has 1 heterocycles. The number of H-pyrrole nitrogens is 1. The SMILES string of the molecule is CNC(CCc1ccc2nc[nH]c2c1)C(=O)O. The summed E-state index contributed by atoms with van der Waals surface area (Å²) in [5, 5.41) is 11.7. The predicted octanol–water partition coefficient (Wildman–Crippen LogP) is 1.17. The van der Waals surface area contributed by atoms with Crippen LogP contribution in [0.15, 0.2) is 24.5 Å². The Labute approximate surface area is 98.9 Å². The number of likely N-dealkylation sites (N-methyl/N-ethyl adjacent to an activating group) is 1. The third kappa shape index (κ3) is 2.62. The number of hydrogen-bond acceptors (Lipinski definition) is 3. The van der Waals surface area contributed by atoms with Crippen LogP contribution in [-0.4, -0.2) is 34.1 Å². The van der Waals surface area contributed by atoms with Gasteiger partial charge in [0.15, 0.2) is 0 Å². The molecule has 0 saturated heterocycles. The van der Waals surface area contributed by atoms with Gasteiger partial charge in [-0.1, -0.05) is 6.07 Å². The van der Waals surface area contributed by atoms with Gasteiger partial charge in [0.1, 0.15) is 6.04 Å². The Bertz CT molecular complexity index is 521. The molecule has 5 nitrogen and oxygen atoms in total. The lowest BCUT2D eigenvalue weighted by molar-refractivity contribution is -0.139. The van der Waals surface area contributed by atoms with Crippen LogP contribution < -0.4 is 5.32 Å². The van der Waals surface area contributed by atoms with Gasteiger partial charge in [0.05, 0.1) is 17.4 Å². The van der Waals surface area contributed by atoms with Crippen LogP contribution in [0.5, 0.6) is 0 Å². The van der Waals surface area contributed by atoms with E-state index in [4.69, 9.17) is 5.11 Å². The number of nitrogens with one attached hydrogen (secondary N) is 2. The second kappa shape index (κ2) is 4.97. The molecule has 3 N–H and O–H groups in total. The van der Waals surface area contributed by atoms with Gasteiger partial charge in [0.25, 0.3) is 0 Å². The lowest BCUT2D eigenvalue weighted by atomic mass is 10.0. The van der Waals surface area contributed by atoms with E-state index in [-0.39, 0.29) is 0 Å². The molecule has 2 aromatic rings. The maximum absolute atomic E-state index is 10.8. The van der Waals surface area contributed by atoms with Crippen molar-refractivity contribution in [3.8, 4) is 0 Å². The first-order valence-electron chi connectivity index (χ1n) is 5.53. The molecule has 0 bridgehead atoms. The zero-order valence-corrected chi connectivity index (χ0v) is 9.60. The molecule has 2 rings (SSSR count). The highest BCUT2D eigenvalue weighted by atomic mass is 16.4. The summed E-state index contributed by atoms with van der Waals surface area (Å²) < 4.78 is 0. The fraction of sp³-hybridized carbons (Fsp3) is 0.333. The summed E-state index contributed by atoms with van der Waals surface area (Å²) >= 11 is 0. The number of aryl methyl sites for hydroxylation is 1. The third-order valence-corrected chi connectivity index (χ3v) is 2.85. The molecule has 0 amide bonds. The summed E-state index contributed by atoms with van der Waals surface area (Å²) in [6.07, 6.45) is 2.96. The molecule has 17 heavy (non-hydrogen) atoms. The van der Waals surface area contributed by atoms with E-state index in [1.807, 2.05) is 18.2 Å². The van der Waals surface area contributed by atoms with Gasteiger partial charge in [-0.25, -0.2) is 4.98 Å². The second-order valence-corrected chi connectivity index (χ2v) is 3.97.